The van der Waals surface area contributed by atoms with Gasteiger partial charge >= 0.3 is 6.09 Å². The van der Waals surface area contributed by atoms with Gasteiger partial charge in [-0.25, -0.2) is 4.79 Å². The molecule has 198 valence electrons. The van der Waals surface area contributed by atoms with Crippen molar-refractivity contribution in [1.29, 1.82) is 15.8 Å². The second-order valence-electron chi connectivity index (χ2n) is 9.70. The number of carbonyl (C=O) groups excluding carboxylic acids is 1. The van der Waals surface area contributed by atoms with Crippen molar-refractivity contribution in [3.8, 4) is 29.7 Å². The average molecular weight is 524 g/mol. The standard InChI is InChI=1S/C30H29N5O4/c1-19(2)39-25-10-9-21(13-26(25)37-3)27-24-15-35(29(36)38-16-20-7-5-4-6-8-20)12-11-22(24)23(14-31)28(34)30(27,17-32)18-33/h4-11,13,19,24,27H,12,15-16,34H2,1-3H3/t24-,27+/m0/s1. The van der Waals surface area contributed by atoms with E-state index in [9.17, 15) is 20.6 Å². The first-order valence-electron chi connectivity index (χ1n) is 12.5. The Morgan fingerprint density at radius 1 is 1.13 bits per heavy atom. The predicted molar refractivity (Wildman–Crippen MR) is 142 cm³/mol. The van der Waals surface area contributed by atoms with Crippen LogP contribution >= 0.6 is 0 Å². The van der Waals surface area contributed by atoms with E-state index in [-0.39, 0.29) is 37.1 Å². The number of nitrogens with zero attached hydrogens (tertiary/aromatic N) is 4. The van der Waals surface area contributed by atoms with Crippen LogP contribution in [0.1, 0.15) is 30.9 Å². The van der Waals surface area contributed by atoms with E-state index in [0.717, 1.165) is 5.56 Å². The molecule has 0 bridgehead atoms. The van der Waals surface area contributed by atoms with E-state index in [4.69, 9.17) is 19.9 Å². The van der Waals surface area contributed by atoms with Crippen LogP contribution in [0.4, 0.5) is 4.79 Å². The molecule has 2 aliphatic rings. The quantitative estimate of drug-likeness (QED) is 0.581. The normalized spacial score (nSPS) is 19.6. The maximum atomic E-state index is 13.1. The van der Waals surface area contributed by atoms with Gasteiger partial charge in [0.2, 0.25) is 0 Å². The lowest BCUT2D eigenvalue weighted by molar-refractivity contribution is 0.0898. The zero-order valence-corrected chi connectivity index (χ0v) is 22.0. The summed E-state index contributed by atoms with van der Waals surface area (Å²) >= 11 is 0. The van der Waals surface area contributed by atoms with E-state index in [1.807, 2.05) is 44.2 Å². The Bertz CT molecular complexity index is 1430. The zero-order chi connectivity index (χ0) is 28.2. The highest BCUT2D eigenvalue weighted by Gasteiger charge is 2.55. The molecule has 39 heavy (non-hydrogen) atoms. The molecule has 0 saturated heterocycles. The van der Waals surface area contributed by atoms with E-state index >= 15 is 0 Å². The van der Waals surface area contributed by atoms with Gasteiger partial charge in [-0.05, 0) is 42.7 Å². The summed E-state index contributed by atoms with van der Waals surface area (Å²) in [4.78, 5) is 14.6. The van der Waals surface area contributed by atoms with Crippen LogP contribution in [0.2, 0.25) is 0 Å². The van der Waals surface area contributed by atoms with Gasteiger partial charge in [-0.2, -0.15) is 15.8 Å². The van der Waals surface area contributed by atoms with Gasteiger partial charge in [-0.3, -0.25) is 0 Å². The highest BCUT2D eigenvalue weighted by atomic mass is 16.6. The maximum absolute atomic E-state index is 13.1. The number of carbonyl (C=O) groups is 1. The number of allylic oxidation sites excluding steroid dienone is 2. The Balaban J connectivity index is 1.77. The van der Waals surface area contributed by atoms with Crippen molar-refractivity contribution in [3.63, 3.8) is 0 Å². The Morgan fingerprint density at radius 3 is 2.46 bits per heavy atom. The molecule has 1 aliphatic carbocycles. The van der Waals surface area contributed by atoms with E-state index in [1.165, 1.54) is 12.0 Å². The van der Waals surface area contributed by atoms with E-state index < -0.39 is 23.3 Å². The van der Waals surface area contributed by atoms with Crippen LogP contribution < -0.4 is 15.2 Å². The lowest BCUT2D eigenvalue weighted by atomic mass is 9.58. The Morgan fingerprint density at radius 2 is 1.85 bits per heavy atom. The topological polar surface area (TPSA) is 145 Å². The third kappa shape index (κ3) is 4.98. The number of nitriles is 3. The number of hydrogen-bond acceptors (Lipinski definition) is 8. The SMILES string of the molecule is COc1cc([C@@H]2[C@H]3CN(C(=O)OCc4ccccc4)CC=C3C(C#N)=C(N)C2(C#N)C#N)ccc1OC(C)C. The van der Waals surface area contributed by atoms with Crippen LogP contribution in [-0.2, 0) is 11.3 Å². The van der Waals surface area contributed by atoms with Crippen LogP contribution in [-0.4, -0.2) is 37.3 Å². The van der Waals surface area contributed by atoms with Gasteiger partial charge in [-0.15, -0.1) is 0 Å². The fourth-order valence-corrected chi connectivity index (χ4v) is 5.24. The van der Waals surface area contributed by atoms with Gasteiger partial charge in [0.05, 0.1) is 36.6 Å². The Kier molecular flexibility index (Phi) is 7.79. The number of rotatable bonds is 6. The molecule has 1 aliphatic heterocycles. The van der Waals surface area contributed by atoms with Gasteiger partial charge in [0.1, 0.15) is 12.7 Å². The van der Waals surface area contributed by atoms with E-state index in [0.29, 0.717) is 22.6 Å². The van der Waals surface area contributed by atoms with E-state index in [2.05, 4.69) is 18.2 Å². The smallest absolute Gasteiger partial charge is 0.410 e. The molecule has 0 aromatic heterocycles. The molecule has 0 unspecified atom stereocenters. The van der Waals surface area contributed by atoms with Gasteiger partial charge in [0.25, 0.3) is 0 Å². The number of hydrogen-bond donors (Lipinski definition) is 1. The van der Waals surface area contributed by atoms with Crippen LogP contribution in [0.5, 0.6) is 11.5 Å². The Hall–Kier alpha value is -4.94. The van der Waals surface area contributed by atoms with Gasteiger partial charge in [0, 0.05) is 24.9 Å². The highest BCUT2D eigenvalue weighted by Crippen LogP contribution is 2.55. The molecule has 9 nitrogen and oxygen atoms in total. The van der Waals surface area contributed by atoms with Crippen LogP contribution in [0.15, 0.2) is 71.5 Å². The molecule has 2 aromatic carbocycles. The third-order valence-corrected chi connectivity index (χ3v) is 7.04. The molecule has 2 aromatic rings. The zero-order valence-electron chi connectivity index (χ0n) is 22.0. The molecule has 0 spiro atoms. The highest BCUT2D eigenvalue weighted by molar-refractivity contribution is 5.69. The summed E-state index contributed by atoms with van der Waals surface area (Å²) in [5.41, 5.74) is 6.62. The van der Waals surface area contributed by atoms with Crippen LogP contribution in [0.3, 0.4) is 0 Å². The largest absolute Gasteiger partial charge is 0.493 e. The minimum absolute atomic E-state index is 0.0934. The minimum atomic E-state index is -1.85. The second-order valence-corrected chi connectivity index (χ2v) is 9.70. The third-order valence-electron chi connectivity index (χ3n) is 7.04. The summed E-state index contributed by atoms with van der Waals surface area (Å²) in [6, 6.07) is 20.9. The first-order valence-corrected chi connectivity index (χ1v) is 12.5. The van der Waals surface area contributed by atoms with Crippen molar-refractivity contribution in [3.05, 3.63) is 82.6 Å². The number of methoxy groups -OCH3 is 1. The predicted octanol–water partition coefficient (Wildman–Crippen LogP) is 4.54. The maximum Gasteiger partial charge on any atom is 0.410 e. The molecule has 0 fully saturated rings. The number of amides is 1. The fraction of sp³-hybridized carbons (Fsp3) is 0.333. The number of fused-ring (bicyclic) bond motifs is 1. The van der Waals surface area contributed by atoms with Crippen LogP contribution in [0.25, 0.3) is 0 Å². The van der Waals surface area contributed by atoms with Gasteiger partial charge in [0.15, 0.2) is 16.9 Å². The number of ether oxygens (including phenoxy) is 3. The van der Waals surface area contributed by atoms with Crippen molar-refractivity contribution >= 4 is 6.09 Å². The molecule has 1 heterocycles. The molecule has 0 radical (unpaired) electrons. The van der Waals surface area contributed by atoms with Gasteiger partial charge < -0.3 is 24.8 Å². The molecule has 9 heteroatoms. The van der Waals surface area contributed by atoms with Crippen molar-refractivity contribution in [2.45, 2.75) is 32.5 Å². The summed E-state index contributed by atoms with van der Waals surface area (Å²) < 4.78 is 17.0. The summed E-state index contributed by atoms with van der Waals surface area (Å²) in [6.45, 7) is 4.21. The minimum Gasteiger partial charge on any atom is -0.493 e. The molecule has 2 N–H and O–H groups in total. The molecule has 2 atom stereocenters. The van der Waals surface area contributed by atoms with Gasteiger partial charge in [-0.1, -0.05) is 42.5 Å². The number of nitrogens with two attached hydrogens (primary N) is 1. The first kappa shape index (κ1) is 27.1. The summed E-state index contributed by atoms with van der Waals surface area (Å²) in [5.74, 6) is -0.438. The molecule has 4 rings (SSSR count). The Labute approximate surface area is 227 Å². The lowest BCUT2D eigenvalue weighted by Gasteiger charge is -2.45. The van der Waals surface area contributed by atoms with Crippen molar-refractivity contribution < 1.29 is 19.0 Å². The van der Waals surface area contributed by atoms with Crippen molar-refractivity contribution in [2.75, 3.05) is 20.2 Å². The monoisotopic (exact) mass is 523 g/mol. The molecule has 0 saturated carbocycles. The summed E-state index contributed by atoms with van der Waals surface area (Å²) in [6.07, 6.45) is 1.12. The number of benzene rings is 2. The van der Waals surface area contributed by atoms with Crippen molar-refractivity contribution in [2.24, 2.45) is 17.1 Å². The van der Waals surface area contributed by atoms with E-state index in [1.54, 1.807) is 24.3 Å². The molecule has 1 amide bonds. The average Bonchev–Trinajstić information content (AvgIpc) is 2.95. The second kappa shape index (κ2) is 11.2. The molecular weight excluding hydrogens is 494 g/mol. The first-order chi connectivity index (χ1) is 18.8. The summed E-state index contributed by atoms with van der Waals surface area (Å²) in [5, 5.41) is 30.7. The van der Waals surface area contributed by atoms with Crippen molar-refractivity contribution in [1.82, 2.24) is 4.90 Å². The van der Waals surface area contributed by atoms with Crippen LogP contribution in [0, 0.1) is 45.3 Å². The lowest BCUT2D eigenvalue weighted by Crippen LogP contribution is -2.49. The fourth-order valence-electron chi connectivity index (χ4n) is 5.24. The summed E-state index contributed by atoms with van der Waals surface area (Å²) in [7, 11) is 1.51. The molecular formula is C30H29N5O4.